The maximum atomic E-state index is 11.5. The van der Waals surface area contributed by atoms with E-state index in [0.29, 0.717) is 5.69 Å². The molecule has 0 spiro atoms. The summed E-state index contributed by atoms with van der Waals surface area (Å²) < 4.78 is 9.63. The first kappa shape index (κ1) is 14.0. The topological polar surface area (TPSA) is 77.5 Å². The second-order valence-corrected chi connectivity index (χ2v) is 4.58. The quantitative estimate of drug-likeness (QED) is 0.816. The van der Waals surface area contributed by atoms with Gasteiger partial charge >= 0.3 is 12.1 Å². The van der Waals surface area contributed by atoms with Gasteiger partial charge in [0.25, 0.3) is 0 Å². The highest BCUT2D eigenvalue weighted by atomic mass is 16.6. The van der Waals surface area contributed by atoms with Crippen molar-refractivity contribution in [2.75, 3.05) is 12.4 Å². The first-order valence-electron chi connectivity index (χ1n) is 5.35. The lowest BCUT2D eigenvalue weighted by Gasteiger charge is -2.19. The molecule has 6 nitrogen and oxygen atoms in total. The molecule has 6 heteroatoms. The van der Waals surface area contributed by atoms with Crippen LogP contribution in [0.25, 0.3) is 0 Å². The van der Waals surface area contributed by atoms with Crippen LogP contribution < -0.4 is 5.32 Å². The number of carbonyl (C=O) groups excluding carboxylic acids is 2. The maximum absolute atomic E-state index is 11.5. The van der Waals surface area contributed by atoms with Crippen molar-refractivity contribution in [3.8, 4) is 0 Å². The average Bonchev–Trinajstić information content (AvgIpc) is 2.25. The Morgan fingerprint density at radius 1 is 1.28 bits per heavy atom. The van der Waals surface area contributed by atoms with Crippen molar-refractivity contribution in [3.63, 3.8) is 0 Å². The number of anilines is 1. The number of esters is 1. The number of aromatic nitrogens is 1. The van der Waals surface area contributed by atoms with Crippen molar-refractivity contribution in [1.82, 2.24) is 4.98 Å². The first-order valence-corrected chi connectivity index (χ1v) is 5.35. The number of amides is 1. The van der Waals surface area contributed by atoms with E-state index in [-0.39, 0.29) is 5.56 Å². The molecule has 1 heterocycles. The second kappa shape index (κ2) is 5.48. The van der Waals surface area contributed by atoms with E-state index in [9.17, 15) is 9.59 Å². The Morgan fingerprint density at radius 2 is 1.94 bits per heavy atom. The smallest absolute Gasteiger partial charge is 0.412 e. The van der Waals surface area contributed by atoms with Crippen LogP contribution >= 0.6 is 0 Å². The molecule has 98 valence electrons. The van der Waals surface area contributed by atoms with Gasteiger partial charge in [-0.25, -0.2) is 9.59 Å². The molecule has 0 fully saturated rings. The highest BCUT2D eigenvalue weighted by molar-refractivity contribution is 5.92. The molecule has 0 radical (unpaired) electrons. The third-order valence-electron chi connectivity index (χ3n) is 1.80. The van der Waals surface area contributed by atoms with Gasteiger partial charge in [0.1, 0.15) is 5.60 Å². The van der Waals surface area contributed by atoms with Crippen LogP contribution in [0.5, 0.6) is 0 Å². The average molecular weight is 252 g/mol. The molecule has 1 aromatic rings. The maximum Gasteiger partial charge on any atom is 0.412 e. The summed E-state index contributed by atoms with van der Waals surface area (Å²) in [4.78, 5) is 26.6. The van der Waals surface area contributed by atoms with Crippen molar-refractivity contribution >= 4 is 17.7 Å². The minimum absolute atomic E-state index is 0.256. The lowest BCUT2D eigenvalue weighted by atomic mass is 10.2. The Hall–Kier alpha value is -2.11. The second-order valence-electron chi connectivity index (χ2n) is 4.58. The Labute approximate surface area is 105 Å². The van der Waals surface area contributed by atoms with Crippen LogP contribution in [0.4, 0.5) is 10.5 Å². The third-order valence-corrected chi connectivity index (χ3v) is 1.80. The van der Waals surface area contributed by atoms with E-state index in [1.54, 1.807) is 20.8 Å². The van der Waals surface area contributed by atoms with Crippen LogP contribution in [-0.2, 0) is 9.47 Å². The van der Waals surface area contributed by atoms with Crippen molar-refractivity contribution in [1.29, 1.82) is 0 Å². The number of carbonyl (C=O) groups is 2. The van der Waals surface area contributed by atoms with Crippen molar-refractivity contribution in [2.45, 2.75) is 26.4 Å². The number of hydrogen-bond acceptors (Lipinski definition) is 5. The van der Waals surface area contributed by atoms with Gasteiger partial charge in [-0.15, -0.1) is 0 Å². The third kappa shape index (κ3) is 4.40. The summed E-state index contributed by atoms with van der Waals surface area (Å²) in [5.74, 6) is -0.518. The summed E-state index contributed by atoms with van der Waals surface area (Å²) in [6.07, 6.45) is 2.16. The number of hydrogen-bond donors (Lipinski definition) is 1. The lowest BCUT2D eigenvalue weighted by molar-refractivity contribution is 0.0595. The van der Waals surface area contributed by atoms with Crippen molar-refractivity contribution < 1.29 is 19.1 Å². The fourth-order valence-corrected chi connectivity index (χ4v) is 1.16. The van der Waals surface area contributed by atoms with E-state index in [1.807, 2.05) is 0 Å². The number of rotatable bonds is 2. The Morgan fingerprint density at radius 3 is 2.50 bits per heavy atom. The zero-order valence-electron chi connectivity index (χ0n) is 10.8. The number of pyridine rings is 1. The molecule has 0 aliphatic heterocycles. The van der Waals surface area contributed by atoms with Gasteiger partial charge in [0, 0.05) is 6.20 Å². The van der Waals surface area contributed by atoms with Gasteiger partial charge in [0.2, 0.25) is 0 Å². The highest BCUT2D eigenvalue weighted by Crippen LogP contribution is 2.12. The van der Waals surface area contributed by atoms with Crippen LogP contribution in [0, 0.1) is 0 Å². The van der Waals surface area contributed by atoms with Crippen molar-refractivity contribution in [2.24, 2.45) is 0 Å². The van der Waals surface area contributed by atoms with E-state index >= 15 is 0 Å². The molecule has 0 aliphatic carbocycles. The van der Waals surface area contributed by atoms with Gasteiger partial charge in [0.15, 0.2) is 0 Å². The molecule has 0 aliphatic rings. The minimum Gasteiger partial charge on any atom is -0.465 e. The monoisotopic (exact) mass is 252 g/mol. The SMILES string of the molecule is COC(=O)c1cncc(NC(=O)OC(C)(C)C)c1. The van der Waals surface area contributed by atoms with Gasteiger partial charge in [-0.2, -0.15) is 0 Å². The zero-order chi connectivity index (χ0) is 13.8. The number of nitrogens with one attached hydrogen (secondary N) is 1. The lowest BCUT2D eigenvalue weighted by Crippen LogP contribution is -2.27. The molecule has 1 aromatic heterocycles. The molecule has 0 aromatic carbocycles. The van der Waals surface area contributed by atoms with E-state index < -0.39 is 17.7 Å². The summed E-state index contributed by atoms with van der Waals surface area (Å²) >= 11 is 0. The fourth-order valence-electron chi connectivity index (χ4n) is 1.16. The van der Waals surface area contributed by atoms with E-state index in [0.717, 1.165) is 0 Å². The van der Waals surface area contributed by atoms with Gasteiger partial charge < -0.3 is 9.47 Å². The van der Waals surface area contributed by atoms with Gasteiger partial charge in [-0.05, 0) is 26.8 Å². The predicted molar refractivity (Wildman–Crippen MR) is 65.4 cm³/mol. The highest BCUT2D eigenvalue weighted by Gasteiger charge is 2.16. The summed E-state index contributed by atoms with van der Waals surface area (Å²) in [5.41, 5.74) is 0.0375. The standard InChI is InChI=1S/C12H16N2O4/c1-12(2,3)18-11(16)14-9-5-8(6-13-7-9)10(15)17-4/h5-7H,1-4H3,(H,14,16). The normalized spacial score (nSPS) is 10.7. The van der Waals surface area contributed by atoms with Crippen LogP contribution in [0.1, 0.15) is 31.1 Å². The van der Waals surface area contributed by atoms with Gasteiger partial charge in [-0.1, -0.05) is 0 Å². The Balaban J connectivity index is 2.74. The van der Waals surface area contributed by atoms with Crippen LogP contribution in [0.2, 0.25) is 0 Å². The van der Waals surface area contributed by atoms with E-state index in [4.69, 9.17) is 4.74 Å². The molecule has 0 atom stereocenters. The van der Waals surface area contributed by atoms with Gasteiger partial charge in [-0.3, -0.25) is 10.3 Å². The van der Waals surface area contributed by atoms with E-state index in [2.05, 4.69) is 15.0 Å². The Kier molecular flexibility index (Phi) is 4.25. The number of ether oxygens (including phenoxy) is 2. The zero-order valence-corrected chi connectivity index (χ0v) is 10.8. The predicted octanol–water partition coefficient (Wildman–Crippen LogP) is 2.22. The van der Waals surface area contributed by atoms with Gasteiger partial charge in [0.05, 0.1) is 24.6 Å². The molecule has 1 rings (SSSR count). The molecule has 0 bridgehead atoms. The fraction of sp³-hybridized carbons (Fsp3) is 0.417. The summed E-state index contributed by atoms with van der Waals surface area (Å²) in [6.45, 7) is 5.28. The molecule has 0 saturated carbocycles. The van der Waals surface area contributed by atoms with Crippen LogP contribution in [0.15, 0.2) is 18.5 Å². The molecule has 0 saturated heterocycles. The molecule has 1 amide bonds. The molecule has 0 unspecified atom stereocenters. The molecular weight excluding hydrogens is 236 g/mol. The van der Waals surface area contributed by atoms with Crippen LogP contribution in [0.3, 0.4) is 0 Å². The van der Waals surface area contributed by atoms with E-state index in [1.165, 1.54) is 25.6 Å². The minimum atomic E-state index is -0.605. The molecular formula is C12H16N2O4. The summed E-state index contributed by atoms with van der Waals surface area (Å²) in [6, 6.07) is 1.46. The number of methoxy groups -OCH3 is 1. The largest absolute Gasteiger partial charge is 0.465 e. The van der Waals surface area contributed by atoms with Crippen molar-refractivity contribution in [3.05, 3.63) is 24.0 Å². The number of nitrogens with zero attached hydrogens (tertiary/aromatic N) is 1. The summed E-state index contributed by atoms with van der Waals surface area (Å²) in [5, 5.41) is 2.49. The molecule has 18 heavy (non-hydrogen) atoms. The Bertz CT molecular complexity index is 452. The first-order chi connectivity index (χ1) is 8.31. The van der Waals surface area contributed by atoms with Crippen LogP contribution in [-0.4, -0.2) is 29.8 Å². The molecule has 1 N–H and O–H groups in total. The summed E-state index contributed by atoms with van der Waals surface area (Å²) in [7, 11) is 1.27.